The average Bonchev–Trinajstić information content (AvgIpc) is 2.64. The van der Waals surface area contributed by atoms with Crippen LogP contribution in [0.2, 0.25) is 0 Å². The van der Waals surface area contributed by atoms with Gasteiger partial charge in [0.25, 0.3) is 0 Å². The fraction of sp³-hybridized carbons (Fsp3) is 0.667. The van der Waals surface area contributed by atoms with Crippen LogP contribution in [0.3, 0.4) is 0 Å². The molecule has 0 amide bonds. The molecule has 1 heterocycles. The molecular formula is C18H27N. The highest BCUT2D eigenvalue weighted by Crippen LogP contribution is 2.45. The van der Waals surface area contributed by atoms with Crippen molar-refractivity contribution >= 4 is 0 Å². The second-order valence-corrected chi connectivity index (χ2v) is 6.61. The van der Waals surface area contributed by atoms with Gasteiger partial charge in [0.15, 0.2) is 0 Å². The van der Waals surface area contributed by atoms with E-state index in [1.54, 1.807) is 0 Å². The second kappa shape index (κ2) is 5.66. The highest BCUT2D eigenvalue weighted by Gasteiger charge is 2.45. The standard InChI is InChI=1S/C18H27N/c1-16-11-14-19(15-17-9-5-4-6-10-17)18(16)12-7-2-3-8-13-18/h4-6,9-10,16H,2-3,7-8,11-15H2,1H3. The molecule has 1 aromatic rings. The maximum Gasteiger partial charge on any atom is 0.0239 e. The van der Waals surface area contributed by atoms with Crippen LogP contribution in [0.1, 0.15) is 57.4 Å². The van der Waals surface area contributed by atoms with Gasteiger partial charge in [0.05, 0.1) is 0 Å². The van der Waals surface area contributed by atoms with Gasteiger partial charge in [-0.1, -0.05) is 62.9 Å². The van der Waals surface area contributed by atoms with Crippen molar-refractivity contribution in [2.75, 3.05) is 6.54 Å². The summed E-state index contributed by atoms with van der Waals surface area (Å²) in [4.78, 5) is 2.82. The van der Waals surface area contributed by atoms with E-state index in [9.17, 15) is 0 Å². The van der Waals surface area contributed by atoms with Crippen LogP contribution in [-0.4, -0.2) is 17.0 Å². The first-order chi connectivity index (χ1) is 9.31. The normalized spacial score (nSPS) is 27.5. The Bertz CT molecular complexity index is 389. The maximum absolute atomic E-state index is 2.82. The Morgan fingerprint density at radius 3 is 2.42 bits per heavy atom. The van der Waals surface area contributed by atoms with Crippen molar-refractivity contribution in [3.63, 3.8) is 0 Å². The number of rotatable bonds is 2. The Kier molecular flexibility index (Phi) is 3.93. The highest BCUT2D eigenvalue weighted by atomic mass is 15.2. The van der Waals surface area contributed by atoms with E-state index in [1.807, 2.05) is 0 Å². The summed E-state index contributed by atoms with van der Waals surface area (Å²) < 4.78 is 0. The lowest BCUT2D eigenvalue weighted by atomic mass is 9.79. The molecule has 1 aromatic carbocycles. The lowest BCUT2D eigenvalue weighted by molar-refractivity contribution is 0.0804. The number of hydrogen-bond donors (Lipinski definition) is 0. The van der Waals surface area contributed by atoms with E-state index < -0.39 is 0 Å². The summed E-state index contributed by atoms with van der Waals surface area (Å²) in [5, 5.41) is 0. The molecule has 1 heteroatoms. The van der Waals surface area contributed by atoms with Crippen LogP contribution in [-0.2, 0) is 6.54 Å². The number of likely N-dealkylation sites (tertiary alicyclic amines) is 1. The largest absolute Gasteiger partial charge is 0.293 e. The Hall–Kier alpha value is -0.820. The molecule has 1 aliphatic heterocycles. The minimum absolute atomic E-state index is 0.520. The minimum Gasteiger partial charge on any atom is -0.293 e. The van der Waals surface area contributed by atoms with Gasteiger partial charge in [0.1, 0.15) is 0 Å². The van der Waals surface area contributed by atoms with E-state index >= 15 is 0 Å². The predicted molar refractivity (Wildman–Crippen MR) is 81.1 cm³/mol. The van der Waals surface area contributed by atoms with Gasteiger partial charge in [-0.15, -0.1) is 0 Å². The van der Waals surface area contributed by atoms with Crippen molar-refractivity contribution in [1.82, 2.24) is 4.90 Å². The number of hydrogen-bond acceptors (Lipinski definition) is 1. The topological polar surface area (TPSA) is 3.24 Å². The predicted octanol–water partition coefficient (Wildman–Crippen LogP) is 4.62. The molecule has 1 unspecified atom stereocenters. The van der Waals surface area contributed by atoms with Crippen molar-refractivity contribution < 1.29 is 0 Å². The molecule has 1 saturated carbocycles. The molecule has 1 aliphatic carbocycles. The van der Waals surface area contributed by atoms with Gasteiger partial charge in [0.2, 0.25) is 0 Å². The lowest BCUT2D eigenvalue weighted by Gasteiger charge is -2.41. The van der Waals surface area contributed by atoms with Gasteiger partial charge in [-0.3, -0.25) is 4.90 Å². The van der Waals surface area contributed by atoms with E-state index in [2.05, 4.69) is 42.2 Å². The second-order valence-electron chi connectivity index (χ2n) is 6.61. The summed E-state index contributed by atoms with van der Waals surface area (Å²) >= 11 is 0. The third-order valence-corrected chi connectivity index (χ3v) is 5.56. The molecule has 104 valence electrons. The number of nitrogens with zero attached hydrogens (tertiary/aromatic N) is 1. The van der Waals surface area contributed by atoms with E-state index in [-0.39, 0.29) is 0 Å². The fourth-order valence-electron chi connectivity index (χ4n) is 4.34. The van der Waals surface area contributed by atoms with Crippen LogP contribution >= 0.6 is 0 Å². The van der Waals surface area contributed by atoms with Crippen LogP contribution < -0.4 is 0 Å². The smallest absolute Gasteiger partial charge is 0.0239 e. The third-order valence-electron chi connectivity index (χ3n) is 5.56. The zero-order chi connectivity index (χ0) is 13.1. The van der Waals surface area contributed by atoms with Crippen molar-refractivity contribution in [1.29, 1.82) is 0 Å². The Labute approximate surface area is 118 Å². The van der Waals surface area contributed by atoms with Crippen molar-refractivity contribution in [2.24, 2.45) is 5.92 Å². The lowest BCUT2D eigenvalue weighted by Crippen LogP contribution is -2.46. The third kappa shape index (κ3) is 2.58. The molecule has 0 radical (unpaired) electrons. The minimum atomic E-state index is 0.520. The van der Waals surface area contributed by atoms with E-state index in [0.717, 1.165) is 12.5 Å². The Morgan fingerprint density at radius 2 is 1.74 bits per heavy atom. The molecule has 3 rings (SSSR count). The summed E-state index contributed by atoms with van der Waals surface area (Å²) in [7, 11) is 0. The van der Waals surface area contributed by atoms with E-state index in [4.69, 9.17) is 0 Å². The first-order valence-electron chi connectivity index (χ1n) is 8.10. The molecule has 1 atom stereocenters. The van der Waals surface area contributed by atoms with Crippen LogP contribution in [0.15, 0.2) is 30.3 Å². The maximum atomic E-state index is 2.82. The molecule has 0 aromatic heterocycles. The first kappa shape index (κ1) is 13.2. The van der Waals surface area contributed by atoms with Crippen LogP contribution in [0.5, 0.6) is 0 Å². The zero-order valence-corrected chi connectivity index (χ0v) is 12.3. The van der Waals surface area contributed by atoms with Gasteiger partial charge >= 0.3 is 0 Å². The fourth-order valence-corrected chi connectivity index (χ4v) is 4.34. The zero-order valence-electron chi connectivity index (χ0n) is 12.3. The van der Waals surface area contributed by atoms with Crippen molar-refractivity contribution in [3.8, 4) is 0 Å². The SMILES string of the molecule is CC1CCN(Cc2ccccc2)C12CCCCCC2. The van der Waals surface area contributed by atoms with E-state index in [0.29, 0.717) is 5.54 Å². The first-order valence-corrected chi connectivity index (χ1v) is 8.10. The number of benzene rings is 1. The van der Waals surface area contributed by atoms with Gasteiger partial charge in [-0.2, -0.15) is 0 Å². The molecule has 1 spiro atoms. The summed E-state index contributed by atoms with van der Waals surface area (Å²) in [5.41, 5.74) is 2.01. The summed E-state index contributed by atoms with van der Waals surface area (Å²) in [6, 6.07) is 11.0. The molecule has 1 saturated heterocycles. The van der Waals surface area contributed by atoms with Gasteiger partial charge in [0, 0.05) is 12.1 Å². The van der Waals surface area contributed by atoms with Crippen LogP contribution in [0, 0.1) is 5.92 Å². The van der Waals surface area contributed by atoms with Gasteiger partial charge in [-0.05, 0) is 37.3 Å². The molecule has 1 nitrogen and oxygen atoms in total. The Morgan fingerprint density at radius 1 is 1.05 bits per heavy atom. The monoisotopic (exact) mass is 257 g/mol. The van der Waals surface area contributed by atoms with Gasteiger partial charge < -0.3 is 0 Å². The molecule has 2 fully saturated rings. The molecule has 0 bridgehead atoms. The summed E-state index contributed by atoms with van der Waals surface area (Å²) in [6.07, 6.45) is 10.0. The van der Waals surface area contributed by atoms with Crippen molar-refractivity contribution in [2.45, 2.75) is 64.0 Å². The van der Waals surface area contributed by atoms with E-state index in [1.165, 1.54) is 57.1 Å². The summed E-state index contributed by atoms with van der Waals surface area (Å²) in [6.45, 7) is 4.96. The Balaban J connectivity index is 1.79. The average molecular weight is 257 g/mol. The van der Waals surface area contributed by atoms with Crippen LogP contribution in [0.25, 0.3) is 0 Å². The quantitative estimate of drug-likeness (QED) is 0.747. The molecule has 2 aliphatic rings. The van der Waals surface area contributed by atoms with Crippen molar-refractivity contribution in [3.05, 3.63) is 35.9 Å². The van der Waals surface area contributed by atoms with Crippen LogP contribution in [0.4, 0.5) is 0 Å². The summed E-state index contributed by atoms with van der Waals surface area (Å²) in [5.74, 6) is 0.884. The highest BCUT2D eigenvalue weighted by molar-refractivity contribution is 5.16. The molecular weight excluding hydrogens is 230 g/mol. The van der Waals surface area contributed by atoms with Gasteiger partial charge in [-0.25, -0.2) is 0 Å². The molecule has 19 heavy (non-hydrogen) atoms. The molecule has 0 N–H and O–H groups in total.